The van der Waals surface area contributed by atoms with Crippen molar-refractivity contribution in [3.63, 3.8) is 0 Å². The van der Waals surface area contributed by atoms with Gasteiger partial charge in [-0.2, -0.15) is 0 Å². The van der Waals surface area contributed by atoms with Crippen molar-refractivity contribution >= 4 is 28.6 Å². The Balaban J connectivity index is 2.94. The van der Waals surface area contributed by atoms with Crippen molar-refractivity contribution in [2.75, 3.05) is 0 Å². The van der Waals surface area contributed by atoms with Crippen molar-refractivity contribution in [3.8, 4) is 0 Å². The van der Waals surface area contributed by atoms with E-state index >= 15 is 0 Å². The molecule has 0 saturated heterocycles. The van der Waals surface area contributed by atoms with Crippen molar-refractivity contribution in [3.05, 3.63) is 35.4 Å². The van der Waals surface area contributed by atoms with E-state index in [0.29, 0.717) is 0 Å². The van der Waals surface area contributed by atoms with Crippen LogP contribution in [0, 0.1) is 0 Å². The van der Waals surface area contributed by atoms with Gasteiger partial charge in [0.25, 0.3) is 0 Å². The summed E-state index contributed by atoms with van der Waals surface area (Å²) in [6, 6.07) is 7.72. The lowest BCUT2D eigenvalue weighted by Gasteiger charge is -2.06. The number of benzene rings is 1. The van der Waals surface area contributed by atoms with E-state index in [9.17, 15) is 4.79 Å². The molecule has 0 fully saturated rings. The molecule has 0 aliphatic carbocycles. The molecule has 1 N–H and O–H groups in total. The Morgan fingerprint density at radius 3 is 2.85 bits per heavy atom. The van der Waals surface area contributed by atoms with Gasteiger partial charge in [-0.15, -0.1) is 0 Å². The maximum atomic E-state index is 10.7. The predicted molar refractivity (Wildman–Crippen MR) is 60.2 cm³/mol. The van der Waals surface area contributed by atoms with Crippen LogP contribution >= 0.6 is 22.6 Å². The fourth-order valence-electron chi connectivity index (χ4n) is 1.11. The third-order valence-corrected chi connectivity index (χ3v) is 3.12. The van der Waals surface area contributed by atoms with E-state index in [4.69, 9.17) is 5.11 Å². The summed E-state index contributed by atoms with van der Waals surface area (Å²) in [7, 11) is 0. The third-order valence-electron chi connectivity index (χ3n) is 1.87. The minimum absolute atomic E-state index is 0.441. The highest BCUT2D eigenvalue weighted by Crippen LogP contribution is 2.24. The Bertz CT molecular complexity index is 310. The van der Waals surface area contributed by atoms with Crippen molar-refractivity contribution < 1.29 is 9.90 Å². The Labute approximate surface area is 91.1 Å². The summed E-state index contributed by atoms with van der Waals surface area (Å²) in [5.41, 5.74) is 2.05. The molecule has 0 aliphatic rings. The number of carboxylic acids is 1. The van der Waals surface area contributed by atoms with Crippen molar-refractivity contribution in [2.24, 2.45) is 0 Å². The van der Waals surface area contributed by atoms with Crippen molar-refractivity contribution in [1.82, 2.24) is 0 Å². The molecule has 70 valence electrons. The Morgan fingerprint density at radius 1 is 1.62 bits per heavy atom. The summed E-state index contributed by atoms with van der Waals surface area (Å²) in [5.74, 6) is -0.783. The lowest BCUT2D eigenvalue weighted by molar-refractivity contribution is -0.136. The summed E-state index contributed by atoms with van der Waals surface area (Å²) in [6.07, 6.45) is 0.941. The number of hydrogen-bond donors (Lipinski definition) is 1. The van der Waals surface area contributed by atoms with Crippen LogP contribution in [-0.4, -0.2) is 11.1 Å². The highest BCUT2D eigenvalue weighted by Gasteiger charge is 2.14. The topological polar surface area (TPSA) is 37.3 Å². The molecular formula is C10H11IO2. The summed E-state index contributed by atoms with van der Waals surface area (Å²) in [6.45, 7) is 2.06. The van der Waals surface area contributed by atoms with Crippen LogP contribution in [0.5, 0.6) is 0 Å². The maximum absolute atomic E-state index is 10.7. The van der Waals surface area contributed by atoms with Crippen LogP contribution in [-0.2, 0) is 11.2 Å². The molecule has 1 aromatic rings. The number of halogens is 1. The van der Waals surface area contributed by atoms with E-state index in [2.05, 4.69) is 6.92 Å². The quantitative estimate of drug-likeness (QED) is 0.686. The monoisotopic (exact) mass is 290 g/mol. The molecule has 0 spiro atoms. The first-order chi connectivity index (χ1) is 6.15. The van der Waals surface area contributed by atoms with Gasteiger partial charge in [0.2, 0.25) is 0 Å². The summed E-state index contributed by atoms with van der Waals surface area (Å²) in [5, 5.41) is 8.79. The van der Waals surface area contributed by atoms with Crippen LogP contribution in [0.3, 0.4) is 0 Å². The van der Waals surface area contributed by atoms with Crippen LogP contribution in [0.15, 0.2) is 24.3 Å². The molecule has 2 nitrogen and oxygen atoms in total. The highest BCUT2D eigenvalue weighted by atomic mass is 127. The van der Waals surface area contributed by atoms with Crippen LogP contribution in [0.25, 0.3) is 0 Å². The summed E-state index contributed by atoms with van der Waals surface area (Å²) >= 11 is 1.93. The normalized spacial score (nSPS) is 12.5. The number of hydrogen-bond acceptors (Lipinski definition) is 1. The number of aliphatic carboxylic acids is 1. The second-order valence-electron chi connectivity index (χ2n) is 2.80. The molecule has 0 aliphatic heterocycles. The molecule has 0 aromatic heterocycles. The van der Waals surface area contributed by atoms with E-state index in [1.165, 1.54) is 5.56 Å². The molecule has 3 heteroatoms. The van der Waals surface area contributed by atoms with E-state index in [1.54, 1.807) is 0 Å². The zero-order chi connectivity index (χ0) is 9.84. The lowest BCUT2D eigenvalue weighted by Crippen LogP contribution is -2.04. The van der Waals surface area contributed by atoms with Gasteiger partial charge in [0.15, 0.2) is 0 Å². The zero-order valence-corrected chi connectivity index (χ0v) is 9.48. The van der Waals surface area contributed by atoms with Gasteiger partial charge < -0.3 is 5.11 Å². The molecule has 1 aromatic carbocycles. The SMILES string of the molecule is CCc1cccc(C(I)C(=O)O)c1. The van der Waals surface area contributed by atoms with Gasteiger partial charge in [-0.1, -0.05) is 53.8 Å². The first kappa shape index (κ1) is 10.5. The van der Waals surface area contributed by atoms with Crippen molar-refractivity contribution in [2.45, 2.75) is 17.3 Å². The van der Waals surface area contributed by atoms with Gasteiger partial charge in [-0.3, -0.25) is 4.79 Å². The minimum Gasteiger partial charge on any atom is -0.480 e. The minimum atomic E-state index is -0.783. The third kappa shape index (κ3) is 2.69. The molecule has 1 rings (SSSR count). The number of carbonyl (C=O) groups is 1. The first-order valence-corrected chi connectivity index (χ1v) is 5.35. The van der Waals surface area contributed by atoms with Gasteiger partial charge in [-0.05, 0) is 17.5 Å². The summed E-state index contributed by atoms with van der Waals surface area (Å²) < 4.78 is -0.441. The van der Waals surface area contributed by atoms with Crippen molar-refractivity contribution in [1.29, 1.82) is 0 Å². The van der Waals surface area contributed by atoms with Gasteiger partial charge in [0.05, 0.1) is 0 Å². The largest absolute Gasteiger partial charge is 0.480 e. The van der Waals surface area contributed by atoms with Gasteiger partial charge >= 0.3 is 5.97 Å². The average molecular weight is 290 g/mol. The fraction of sp³-hybridized carbons (Fsp3) is 0.300. The van der Waals surface area contributed by atoms with Crippen LogP contribution in [0.1, 0.15) is 22.0 Å². The second kappa shape index (κ2) is 4.60. The zero-order valence-electron chi connectivity index (χ0n) is 7.33. The number of alkyl halides is 1. The maximum Gasteiger partial charge on any atom is 0.320 e. The number of rotatable bonds is 3. The number of aryl methyl sites for hydroxylation is 1. The van der Waals surface area contributed by atoms with E-state index in [0.717, 1.165) is 12.0 Å². The van der Waals surface area contributed by atoms with Gasteiger partial charge in [0, 0.05) is 0 Å². The molecule has 0 amide bonds. The molecular weight excluding hydrogens is 279 g/mol. The Hall–Kier alpha value is -0.580. The average Bonchev–Trinajstić information content (AvgIpc) is 2.16. The smallest absolute Gasteiger partial charge is 0.320 e. The lowest BCUT2D eigenvalue weighted by atomic mass is 10.1. The standard InChI is InChI=1S/C10H11IO2/c1-2-7-4-3-5-8(6-7)9(11)10(12)13/h3-6,9H,2H2,1H3,(H,12,13). The molecule has 13 heavy (non-hydrogen) atoms. The van der Waals surface area contributed by atoms with E-state index in [1.807, 2.05) is 46.9 Å². The van der Waals surface area contributed by atoms with E-state index in [-0.39, 0.29) is 0 Å². The van der Waals surface area contributed by atoms with Crippen LogP contribution in [0.2, 0.25) is 0 Å². The number of carboxylic acid groups (broad SMARTS) is 1. The van der Waals surface area contributed by atoms with Gasteiger partial charge in [0.1, 0.15) is 3.92 Å². The summed E-state index contributed by atoms with van der Waals surface area (Å²) in [4.78, 5) is 10.7. The molecule has 0 bridgehead atoms. The molecule has 0 saturated carbocycles. The Kier molecular flexibility index (Phi) is 3.71. The fourth-order valence-corrected chi connectivity index (χ4v) is 1.50. The Morgan fingerprint density at radius 2 is 2.31 bits per heavy atom. The molecule has 0 heterocycles. The van der Waals surface area contributed by atoms with Gasteiger partial charge in [-0.25, -0.2) is 0 Å². The first-order valence-electron chi connectivity index (χ1n) is 4.11. The molecule has 1 atom stereocenters. The predicted octanol–water partition coefficient (Wildman–Crippen LogP) is 2.81. The van der Waals surface area contributed by atoms with E-state index < -0.39 is 9.89 Å². The molecule has 1 unspecified atom stereocenters. The second-order valence-corrected chi connectivity index (χ2v) is 4.05. The van der Waals surface area contributed by atoms with Crippen LogP contribution in [0.4, 0.5) is 0 Å². The molecule has 0 radical (unpaired) electrons. The highest BCUT2D eigenvalue weighted by molar-refractivity contribution is 14.1. The van der Waals surface area contributed by atoms with Crippen LogP contribution < -0.4 is 0 Å².